The van der Waals surface area contributed by atoms with Gasteiger partial charge in [-0.2, -0.15) is 0 Å². The van der Waals surface area contributed by atoms with Crippen molar-refractivity contribution < 1.29 is 14.3 Å². The summed E-state index contributed by atoms with van der Waals surface area (Å²) in [5.74, 6) is 0.417. The molecule has 2 rings (SSSR count). The quantitative estimate of drug-likeness (QED) is 0.835. The fourth-order valence-corrected chi connectivity index (χ4v) is 2.53. The zero-order valence-electron chi connectivity index (χ0n) is 15.8. The zero-order chi connectivity index (χ0) is 19.3. The number of carbonyl (C=O) groups excluding carboxylic acids is 2. The minimum Gasteiger partial charge on any atom is -0.496 e. The second-order valence-corrected chi connectivity index (χ2v) is 6.45. The lowest BCUT2D eigenvalue weighted by Gasteiger charge is -2.14. The average molecular weight is 355 g/mol. The Bertz CT molecular complexity index is 816. The molecule has 138 valence electrons. The molecule has 0 saturated carbocycles. The van der Waals surface area contributed by atoms with E-state index in [1.807, 2.05) is 40.1 Å². The molecule has 0 aliphatic carbocycles. The number of aryl methyl sites for hydroxylation is 2. The Balaban J connectivity index is 2.14. The molecule has 0 bridgehead atoms. The number of nitrogens with zero attached hydrogens (tertiary/aromatic N) is 1. The van der Waals surface area contributed by atoms with Gasteiger partial charge in [-0.1, -0.05) is 6.07 Å². The van der Waals surface area contributed by atoms with E-state index in [1.54, 1.807) is 36.3 Å². The molecule has 6 heteroatoms. The van der Waals surface area contributed by atoms with Crippen molar-refractivity contribution in [2.24, 2.45) is 0 Å². The minimum atomic E-state index is -0.217. The van der Waals surface area contributed by atoms with E-state index in [1.165, 1.54) is 0 Å². The number of benzene rings is 2. The van der Waals surface area contributed by atoms with Crippen LogP contribution in [-0.4, -0.2) is 44.5 Å². The van der Waals surface area contributed by atoms with Gasteiger partial charge in [-0.25, -0.2) is 0 Å². The van der Waals surface area contributed by atoms with Crippen LogP contribution in [0.25, 0.3) is 0 Å². The average Bonchev–Trinajstić information content (AvgIpc) is 2.57. The molecule has 26 heavy (non-hydrogen) atoms. The summed E-state index contributed by atoms with van der Waals surface area (Å²) >= 11 is 0. The smallest absolute Gasteiger partial charge is 0.255 e. The monoisotopic (exact) mass is 355 g/mol. The largest absolute Gasteiger partial charge is 0.496 e. The highest BCUT2D eigenvalue weighted by atomic mass is 16.5. The molecule has 0 aromatic heterocycles. The van der Waals surface area contributed by atoms with Crippen molar-refractivity contribution in [3.8, 4) is 5.75 Å². The van der Waals surface area contributed by atoms with Gasteiger partial charge in [0.25, 0.3) is 5.91 Å². The molecule has 0 atom stereocenters. The Morgan fingerprint density at radius 1 is 1.00 bits per heavy atom. The van der Waals surface area contributed by atoms with Crippen LogP contribution in [0.1, 0.15) is 21.5 Å². The van der Waals surface area contributed by atoms with Crippen molar-refractivity contribution >= 4 is 23.2 Å². The summed E-state index contributed by atoms with van der Waals surface area (Å²) in [6.45, 7) is 4.09. The number of methoxy groups -OCH3 is 1. The zero-order valence-corrected chi connectivity index (χ0v) is 15.8. The number of carbonyl (C=O) groups is 2. The van der Waals surface area contributed by atoms with Crippen molar-refractivity contribution in [3.05, 3.63) is 53.1 Å². The maximum Gasteiger partial charge on any atom is 0.255 e. The molecule has 0 saturated heterocycles. The van der Waals surface area contributed by atoms with E-state index in [0.29, 0.717) is 23.5 Å². The molecular weight excluding hydrogens is 330 g/mol. The van der Waals surface area contributed by atoms with Crippen molar-refractivity contribution in [2.75, 3.05) is 38.4 Å². The van der Waals surface area contributed by atoms with Crippen LogP contribution in [0, 0.1) is 13.8 Å². The number of rotatable bonds is 6. The molecule has 2 aromatic rings. The number of anilines is 2. The number of hydrogen-bond donors (Lipinski definition) is 2. The second kappa shape index (κ2) is 8.49. The number of ether oxygens (including phenoxy) is 1. The summed E-state index contributed by atoms with van der Waals surface area (Å²) in [7, 11) is 5.26. The third-order valence-electron chi connectivity index (χ3n) is 3.89. The summed E-state index contributed by atoms with van der Waals surface area (Å²) in [6.07, 6.45) is 0. The Labute approximate surface area is 154 Å². The van der Waals surface area contributed by atoms with Gasteiger partial charge in [0.2, 0.25) is 5.91 Å². The van der Waals surface area contributed by atoms with Crippen LogP contribution in [0.5, 0.6) is 5.75 Å². The van der Waals surface area contributed by atoms with Crippen molar-refractivity contribution in [1.82, 2.24) is 4.90 Å². The van der Waals surface area contributed by atoms with Gasteiger partial charge in [-0.15, -0.1) is 0 Å². The van der Waals surface area contributed by atoms with E-state index < -0.39 is 0 Å². The minimum absolute atomic E-state index is 0.104. The maximum absolute atomic E-state index is 12.5. The number of amides is 2. The summed E-state index contributed by atoms with van der Waals surface area (Å²) in [4.78, 5) is 26.3. The maximum atomic E-state index is 12.5. The fourth-order valence-electron chi connectivity index (χ4n) is 2.53. The molecule has 0 unspecified atom stereocenters. The van der Waals surface area contributed by atoms with E-state index in [-0.39, 0.29) is 11.8 Å². The first-order chi connectivity index (χ1) is 12.3. The standard InChI is InChI=1S/C20H25N3O3/c1-13-6-8-16(11-17(13)22-19(24)12-23(3)4)21-20(25)15-7-9-18(26-5)14(2)10-15/h6-11H,12H2,1-5H3,(H,21,25)(H,22,24). The molecular formula is C20H25N3O3. The second-order valence-electron chi connectivity index (χ2n) is 6.45. The van der Waals surface area contributed by atoms with Gasteiger partial charge < -0.3 is 20.3 Å². The summed E-state index contributed by atoms with van der Waals surface area (Å²) < 4.78 is 5.22. The molecule has 0 aliphatic rings. The predicted octanol–water partition coefficient (Wildman–Crippen LogP) is 3.06. The van der Waals surface area contributed by atoms with E-state index in [2.05, 4.69) is 10.6 Å². The molecule has 0 heterocycles. The van der Waals surface area contributed by atoms with E-state index in [4.69, 9.17) is 4.74 Å². The number of nitrogens with one attached hydrogen (secondary N) is 2. The molecule has 0 aliphatic heterocycles. The normalized spacial score (nSPS) is 10.5. The fraction of sp³-hybridized carbons (Fsp3) is 0.300. The lowest BCUT2D eigenvalue weighted by molar-refractivity contribution is -0.116. The van der Waals surface area contributed by atoms with Gasteiger partial charge in [0, 0.05) is 16.9 Å². The van der Waals surface area contributed by atoms with Crippen molar-refractivity contribution in [3.63, 3.8) is 0 Å². The third kappa shape index (κ3) is 5.07. The lowest BCUT2D eigenvalue weighted by Crippen LogP contribution is -2.27. The number of hydrogen-bond acceptors (Lipinski definition) is 4. The van der Waals surface area contributed by atoms with Crippen LogP contribution in [0.15, 0.2) is 36.4 Å². The summed E-state index contributed by atoms with van der Waals surface area (Å²) in [5, 5.41) is 5.73. The molecule has 0 radical (unpaired) electrons. The molecule has 2 N–H and O–H groups in total. The van der Waals surface area contributed by atoms with Gasteiger partial charge in [-0.05, 0) is 69.4 Å². The Morgan fingerprint density at radius 3 is 2.35 bits per heavy atom. The Morgan fingerprint density at radius 2 is 1.73 bits per heavy atom. The number of likely N-dealkylation sites (N-methyl/N-ethyl adjacent to an activating group) is 1. The van der Waals surface area contributed by atoms with E-state index in [0.717, 1.165) is 16.9 Å². The first-order valence-electron chi connectivity index (χ1n) is 8.31. The van der Waals surface area contributed by atoms with Crippen molar-refractivity contribution in [2.45, 2.75) is 13.8 Å². The third-order valence-corrected chi connectivity index (χ3v) is 3.89. The van der Waals surface area contributed by atoms with Crippen LogP contribution >= 0.6 is 0 Å². The highest BCUT2D eigenvalue weighted by Gasteiger charge is 2.11. The van der Waals surface area contributed by atoms with Gasteiger partial charge >= 0.3 is 0 Å². The highest BCUT2D eigenvalue weighted by Crippen LogP contribution is 2.22. The van der Waals surface area contributed by atoms with Crippen LogP contribution in [0.4, 0.5) is 11.4 Å². The van der Waals surface area contributed by atoms with Crippen LogP contribution < -0.4 is 15.4 Å². The summed E-state index contributed by atoms with van der Waals surface area (Å²) in [5.41, 5.74) is 3.66. The van der Waals surface area contributed by atoms with Crippen LogP contribution in [0.3, 0.4) is 0 Å². The van der Waals surface area contributed by atoms with Gasteiger partial charge in [0.1, 0.15) is 5.75 Å². The van der Waals surface area contributed by atoms with Gasteiger partial charge in [0.15, 0.2) is 0 Å². The molecule has 0 spiro atoms. The van der Waals surface area contributed by atoms with E-state index >= 15 is 0 Å². The van der Waals surface area contributed by atoms with Crippen molar-refractivity contribution in [1.29, 1.82) is 0 Å². The first kappa shape index (κ1) is 19.5. The molecule has 0 fully saturated rings. The lowest BCUT2D eigenvalue weighted by atomic mass is 10.1. The van der Waals surface area contributed by atoms with Gasteiger partial charge in [-0.3, -0.25) is 9.59 Å². The van der Waals surface area contributed by atoms with Crippen LogP contribution in [0.2, 0.25) is 0 Å². The predicted molar refractivity (Wildman–Crippen MR) is 104 cm³/mol. The SMILES string of the molecule is COc1ccc(C(=O)Nc2ccc(C)c(NC(=O)CN(C)C)c2)cc1C. The Kier molecular flexibility index (Phi) is 6.36. The highest BCUT2D eigenvalue weighted by molar-refractivity contribution is 6.05. The van der Waals surface area contributed by atoms with E-state index in [9.17, 15) is 9.59 Å². The van der Waals surface area contributed by atoms with Gasteiger partial charge in [0.05, 0.1) is 13.7 Å². The summed E-state index contributed by atoms with van der Waals surface area (Å²) in [6, 6.07) is 10.7. The molecule has 6 nitrogen and oxygen atoms in total. The Hall–Kier alpha value is -2.86. The molecule has 2 amide bonds. The molecule has 2 aromatic carbocycles. The topological polar surface area (TPSA) is 70.7 Å². The van der Waals surface area contributed by atoms with Crippen LogP contribution in [-0.2, 0) is 4.79 Å². The first-order valence-corrected chi connectivity index (χ1v) is 8.31.